The number of hydrogen-bond donors (Lipinski definition) is 2. The molecule has 0 aromatic carbocycles. The Labute approximate surface area is 112 Å². The van der Waals surface area contributed by atoms with E-state index in [9.17, 15) is 4.79 Å². The van der Waals surface area contributed by atoms with Crippen LogP contribution in [0.1, 0.15) is 23.0 Å². The Morgan fingerprint density at radius 3 is 2.88 bits per heavy atom. The molecule has 0 bridgehead atoms. The smallest absolute Gasteiger partial charge is 0.265 e. The van der Waals surface area contributed by atoms with Crippen molar-refractivity contribution in [2.75, 3.05) is 13.1 Å². The van der Waals surface area contributed by atoms with E-state index < -0.39 is 0 Å². The average Bonchev–Trinajstić information content (AvgIpc) is 2.75. The van der Waals surface area contributed by atoms with Crippen LogP contribution in [0.3, 0.4) is 0 Å². The zero-order valence-corrected chi connectivity index (χ0v) is 11.8. The van der Waals surface area contributed by atoms with Crippen LogP contribution in [0.5, 0.6) is 0 Å². The van der Waals surface area contributed by atoms with Crippen LogP contribution in [-0.4, -0.2) is 34.9 Å². The second-order valence-corrected chi connectivity index (χ2v) is 5.09. The van der Waals surface area contributed by atoms with Gasteiger partial charge in [-0.1, -0.05) is 5.16 Å². The Balaban J connectivity index is 2.68. The highest BCUT2D eigenvalue weighted by Gasteiger charge is 2.18. The summed E-state index contributed by atoms with van der Waals surface area (Å²) in [7, 11) is 0. The lowest BCUT2D eigenvalue weighted by atomic mass is 10.3. The quantitative estimate of drug-likeness (QED) is 0.377. The normalized spacial score (nSPS) is 11.5. The summed E-state index contributed by atoms with van der Waals surface area (Å²) in [6.07, 6.45) is 0.360. The van der Waals surface area contributed by atoms with Crippen LogP contribution in [0.15, 0.2) is 21.1 Å². The molecular weight excluding hydrogens is 306 g/mol. The first-order valence-corrected chi connectivity index (χ1v) is 6.76. The van der Waals surface area contributed by atoms with Crippen molar-refractivity contribution in [3.8, 4) is 0 Å². The van der Waals surface area contributed by atoms with Gasteiger partial charge in [0.2, 0.25) is 0 Å². The summed E-state index contributed by atoms with van der Waals surface area (Å²) in [4.78, 5) is 14.5. The third kappa shape index (κ3) is 3.71. The highest BCUT2D eigenvalue weighted by molar-refractivity contribution is 9.10. The topological polar surface area (TPSA) is 78.9 Å². The molecule has 17 heavy (non-hydrogen) atoms. The number of nitrogens with zero attached hydrogens (tertiary/aromatic N) is 2. The molecule has 0 aliphatic rings. The van der Waals surface area contributed by atoms with E-state index in [-0.39, 0.29) is 11.7 Å². The number of rotatable bonds is 5. The zero-order chi connectivity index (χ0) is 12.8. The molecule has 0 saturated heterocycles. The Morgan fingerprint density at radius 2 is 2.41 bits per heavy atom. The molecule has 0 fully saturated rings. The minimum atomic E-state index is -0.0416. The van der Waals surface area contributed by atoms with Crippen LogP contribution in [0, 0.1) is 0 Å². The van der Waals surface area contributed by atoms with Crippen molar-refractivity contribution in [1.82, 2.24) is 4.90 Å². The molecule has 0 saturated carbocycles. The second kappa shape index (κ2) is 6.61. The molecule has 0 aliphatic heterocycles. The van der Waals surface area contributed by atoms with Crippen LogP contribution in [0.2, 0.25) is 0 Å². The van der Waals surface area contributed by atoms with E-state index >= 15 is 0 Å². The molecule has 1 rings (SSSR count). The van der Waals surface area contributed by atoms with Gasteiger partial charge in [0.05, 0.1) is 0 Å². The minimum absolute atomic E-state index is 0.0416. The molecule has 1 aromatic rings. The van der Waals surface area contributed by atoms with Crippen LogP contribution in [0.4, 0.5) is 0 Å². The Bertz CT molecular complexity index is 419. The molecule has 1 amide bonds. The first-order chi connectivity index (χ1) is 8.10. The Hall–Kier alpha value is -1.08. The van der Waals surface area contributed by atoms with Gasteiger partial charge in [0.25, 0.3) is 5.91 Å². The van der Waals surface area contributed by atoms with Gasteiger partial charge in [0.15, 0.2) is 0 Å². The van der Waals surface area contributed by atoms with Crippen LogP contribution >= 0.6 is 27.3 Å². The predicted octanol–water partition coefficient (Wildman–Crippen LogP) is 2.11. The second-order valence-electron chi connectivity index (χ2n) is 3.32. The fourth-order valence-electron chi connectivity index (χ4n) is 1.29. The van der Waals surface area contributed by atoms with Crippen LogP contribution in [0.25, 0.3) is 0 Å². The van der Waals surface area contributed by atoms with Gasteiger partial charge in [-0.05, 0) is 34.3 Å². The van der Waals surface area contributed by atoms with Crippen molar-refractivity contribution >= 4 is 39.0 Å². The summed E-state index contributed by atoms with van der Waals surface area (Å²) >= 11 is 4.72. The summed E-state index contributed by atoms with van der Waals surface area (Å²) < 4.78 is 0.801. The van der Waals surface area contributed by atoms with Gasteiger partial charge in [-0.15, -0.1) is 11.3 Å². The third-order valence-electron chi connectivity index (χ3n) is 2.25. The molecule has 0 aliphatic carbocycles. The number of thiophene rings is 1. The summed E-state index contributed by atoms with van der Waals surface area (Å²) in [5.74, 6) is 0.0848. The largest absolute Gasteiger partial charge is 0.409 e. The monoisotopic (exact) mass is 319 g/mol. The van der Waals surface area contributed by atoms with Gasteiger partial charge in [-0.25, -0.2) is 0 Å². The number of halogens is 1. The number of carbonyl (C=O) groups excluding carboxylic acids is 1. The van der Waals surface area contributed by atoms with E-state index in [1.165, 1.54) is 11.3 Å². The van der Waals surface area contributed by atoms with Gasteiger partial charge in [0, 0.05) is 24.0 Å². The van der Waals surface area contributed by atoms with Gasteiger partial charge in [-0.2, -0.15) is 0 Å². The van der Waals surface area contributed by atoms with E-state index in [0.717, 1.165) is 4.47 Å². The van der Waals surface area contributed by atoms with Gasteiger partial charge >= 0.3 is 0 Å². The lowest BCUT2D eigenvalue weighted by Gasteiger charge is -2.19. The van der Waals surface area contributed by atoms with Crippen LogP contribution < -0.4 is 5.73 Å². The first kappa shape index (κ1) is 14.0. The predicted molar refractivity (Wildman–Crippen MR) is 71.6 cm³/mol. The van der Waals surface area contributed by atoms with Gasteiger partial charge < -0.3 is 15.8 Å². The number of amides is 1. The lowest BCUT2D eigenvalue weighted by Crippen LogP contribution is -2.33. The van der Waals surface area contributed by atoms with Crippen molar-refractivity contribution in [3.05, 3.63) is 20.8 Å². The average molecular weight is 320 g/mol. The van der Waals surface area contributed by atoms with E-state index in [1.807, 2.05) is 18.4 Å². The molecule has 0 atom stereocenters. The minimum Gasteiger partial charge on any atom is -0.409 e. The molecule has 94 valence electrons. The molecule has 7 heteroatoms. The molecular formula is C10H14BrN3O2S. The van der Waals surface area contributed by atoms with Crippen LogP contribution in [-0.2, 0) is 0 Å². The highest BCUT2D eigenvalue weighted by atomic mass is 79.9. The zero-order valence-electron chi connectivity index (χ0n) is 9.39. The summed E-state index contributed by atoms with van der Waals surface area (Å²) in [5, 5.41) is 13.2. The van der Waals surface area contributed by atoms with E-state index in [0.29, 0.717) is 24.4 Å². The summed E-state index contributed by atoms with van der Waals surface area (Å²) in [6.45, 7) is 2.92. The van der Waals surface area contributed by atoms with Crippen molar-refractivity contribution in [1.29, 1.82) is 0 Å². The molecule has 1 heterocycles. The number of carbonyl (C=O) groups is 1. The maximum atomic E-state index is 12.1. The highest BCUT2D eigenvalue weighted by Crippen LogP contribution is 2.24. The third-order valence-corrected chi connectivity index (χ3v) is 4.07. The molecule has 0 radical (unpaired) electrons. The maximum Gasteiger partial charge on any atom is 0.265 e. The Kier molecular flexibility index (Phi) is 5.43. The first-order valence-electron chi connectivity index (χ1n) is 5.08. The Morgan fingerprint density at radius 1 is 1.71 bits per heavy atom. The van der Waals surface area contributed by atoms with Crippen molar-refractivity contribution < 1.29 is 10.0 Å². The number of amidine groups is 1. The summed E-state index contributed by atoms with van der Waals surface area (Å²) in [5.41, 5.74) is 5.38. The molecule has 5 nitrogen and oxygen atoms in total. The van der Waals surface area contributed by atoms with E-state index in [4.69, 9.17) is 10.9 Å². The maximum absolute atomic E-state index is 12.1. The van der Waals surface area contributed by atoms with E-state index in [1.54, 1.807) is 4.90 Å². The van der Waals surface area contributed by atoms with Crippen molar-refractivity contribution in [2.45, 2.75) is 13.3 Å². The lowest BCUT2D eigenvalue weighted by molar-refractivity contribution is 0.0772. The van der Waals surface area contributed by atoms with Crippen molar-refractivity contribution in [2.24, 2.45) is 10.9 Å². The molecule has 1 aromatic heterocycles. The molecule has 3 N–H and O–H groups in total. The molecule has 0 spiro atoms. The number of nitrogens with two attached hydrogens (primary N) is 1. The molecule has 0 unspecified atom stereocenters. The SMILES string of the molecule is CCN(CC/C(N)=N/O)C(=O)c1sccc1Br. The van der Waals surface area contributed by atoms with Crippen molar-refractivity contribution in [3.63, 3.8) is 0 Å². The summed E-state index contributed by atoms with van der Waals surface area (Å²) in [6, 6.07) is 1.84. The van der Waals surface area contributed by atoms with Gasteiger partial charge in [0.1, 0.15) is 10.7 Å². The fraction of sp³-hybridized carbons (Fsp3) is 0.400. The number of oxime groups is 1. The fourth-order valence-corrected chi connectivity index (χ4v) is 2.80. The number of hydrogen-bond acceptors (Lipinski definition) is 4. The van der Waals surface area contributed by atoms with E-state index in [2.05, 4.69) is 21.1 Å². The standard InChI is InChI=1S/C10H14BrN3O2S/c1-2-14(5-3-8(12)13-16)10(15)9-7(11)4-6-17-9/h4,6,16H,2-3,5H2,1H3,(H2,12,13). The van der Waals surface area contributed by atoms with Gasteiger partial charge in [-0.3, -0.25) is 4.79 Å².